The zero-order valence-corrected chi connectivity index (χ0v) is 15.2. The standard InChI is InChI=1S/C15H15Cl2N4OP/c1-21-7-6-9-12(21)5-4-11(13(9)23(2,3)22)19-14-10(16)8-18-15(17)20-14/h4-8H,1-3H3,(H,18,19,20). The number of nitrogens with zero attached hydrogens (tertiary/aromatic N) is 3. The molecule has 0 fully saturated rings. The monoisotopic (exact) mass is 368 g/mol. The van der Waals surface area contributed by atoms with Gasteiger partial charge in [-0.3, -0.25) is 0 Å². The third-order valence-electron chi connectivity index (χ3n) is 3.55. The summed E-state index contributed by atoms with van der Waals surface area (Å²) in [5, 5.41) is 5.29. The van der Waals surface area contributed by atoms with Crippen LogP contribution in [0.25, 0.3) is 10.9 Å². The normalized spacial score (nSPS) is 11.9. The van der Waals surface area contributed by atoms with E-state index in [2.05, 4.69) is 15.3 Å². The summed E-state index contributed by atoms with van der Waals surface area (Å²) in [4.78, 5) is 7.92. The van der Waals surface area contributed by atoms with Gasteiger partial charge in [0.2, 0.25) is 5.28 Å². The molecule has 0 spiro atoms. The van der Waals surface area contributed by atoms with Gasteiger partial charge in [-0.1, -0.05) is 11.6 Å². The van der Waals surface area contributed by atoms with Crippen LogP contribution >= 0.6 is 30.3 Å². The molecule has 0 aliphatic carbocycles. The van der Waals surface area contributed by atoms with E-state index in [9.17, 15) is 4.57 Å². The van der Waals surface area contributed by atoms with E-state index in [-0.39, 0.29) is 5.28 Å². The first-order chi connectivity index (χ1) is 10.8. The average molecular weight is 369 g/mol. The second-order valence-electron chi connectivity index (χ2n) is 5.63. The Morgan fingerprint density at radius 3 is 2.65 bits per heavy atom. The zero-order chi connectivity index (χ0) is 16.8. The van der Waals surface area contributed by atoms with Crippen molar-refractivity contribution in [3.63, 3.8) is 0 Å². The van der Waals surface area contributed by atoms with E-state index in [0.29, 0.717) is 16.5 Å². The van der Waals surface area contributed by atoms with Crippen molar-refractivity contribution in [3.8, 4) is 0 Å². The van der Waals surface area contributed by atoms with Crippen molar-refractivity contribution in [1.29, 1.82) is 0 Å². The van der Waals surface area contributed by atoms with Gasteiger partial charge in [0.05, 0.1) is 11.9 Å². The molecule has 0 amide bonds. The Morgan fingerprint density at radius 2 is 1.96 bits per heavy atom. The molecule has 0 bridgehead atoms. The maximum atomic E-state index is 12.9. The van der Waals surface area contributed by atoms with Gasteiger partial charge in [0.1, 0.15) is 12.2 Å². The second-order valence-corrected chi connectivity index (χ2v) is 9.53. The van der Waals surface area contributed by atoms with Crippen LogP contribution in [-0.4, -0.2) is 27.9 Å². The second kappa shape index (κ2) is 5.82. The number of hydrogen-bond donors (Lipinski definition) is 1. The average Bonchev–Trinajstić information content (AvgIpc) is 2.83. The third kappa shape index (κ3) is 3.09. The van der Waals surface area contributed by atoms with E-state index in [1.54, 1.807) is 13.3 Å². The molecule has 23 heavy (non-hydrogen) atoms. The molecule has 3 aromatic rings. The number of anilines is 2. The summed E-state index contributed by atoms with van der Waals surface area (Å²) in [6, 6.07) is 5.81. The molecule has 0 atom stereocenters. The molecule has 0 saturated heterocycles. The van der Waals surface area contributed by atoms with E-state index < -0.39 is 7.14 Å². The quantitative estimate of drug-likeness (QED) is 0.554. The number of halogens is 2. The molecule has 8 heteroatoms. The van der Waals surface area contributed by atoms with Crippen molar-refractivity contribution >= 4 is 58.1 Å². The summed E-state index contributed by atoms with van der Waals surface area (Å²) in [6.45, 7) is 3.49. The summed E-state index contributed by atoms with van der Waals surface area (Å²) in [6.07, 6.45) is 3.37. The lowest BCUT2D eigenvalue weighted by Crippen LogP contribution is -2.12. The number of benzene rings is 1. The van der Waals surface area contributed by atoms with Crippen molar-refractivity contribution in [2.45, 2.75) is 0 Å². The van der Waals surface area contributed by atoms with Gasteiger partial charge in [-0.25, -0.2) is 4.98 Å². The molecular weight excluding hydrogens is 354 g/mol. The first-order valence-electron chi connectivity index (χ1n) is 6.86. The number of aryl methyl sites for hydroxylation is 1. The number of fused-ring (bicyclic) bond motifs is 1. The SMILES string of the molecule is Cn1ccc2c(P(C)(C)=O)c(Nc3nc(Cl)ncc3Cl)ccc21. The largest absolute Gasteiger partial charge is 0.351 e. The summed E-state index contributed by atoms with van der Waals surface area (Å²) >= 11 is 11.9. The van der Waals surface area contributed by atoms with Crippen molar-refractivity contribution in [2.75, 3.05) is 18.6 Å². The van der Waals surface area contributed by atoms with E-state index in [4.69, 9.17) is 23.2 Å². The van der Waals surface area contributed by atoms with Crippen LogP contribution in [0.3, 0.4) is 0 Å². The van der Waals surface area contributed by atoms with Crippen LogP contribution < -0.4 is 10.6 Å². The Hall–Kier alpha value is -1.55. The lowest BCUT2D eigenvalue weighted by Gasteiger charge is -2.17. The highest BCUT2D eigenvalue weighted by Gasteiger charge is 2.21. The fourth-order valence-electron chi connectivity index (χ4n) is 2.58. The molecule has 1 N–H and O–H groups in total. The third-order valence-corrected chi connectivity index (χ3v) is 5.56. The van der Waals surface area contributed by atoms with Gasteiger partial charge in [0.15, 0.2) is 5.82 Å². The van der Waals surface area contributed by atoms with Gasteiger partial charge < -0.3 is 14.4 Å². The minimum Gasteiger partial charge on any atom is -0.351 e. The van der Waals surface area contributed by atoms with E-state index in [1.165, 1.54) is 6.20 Å². The molecule has 0 saturated carbocycles. The Kier molecular flexibility index (Phi) is 4.13. The van der Waals surface area contributed by atoms with Crippen molar-refractivity contribution < 1.29 is 4.57 Å². The predicted octanol–water partition coefficient (Wildman–Crippen LogP) is 4.27. The molecule has 0 aliphatic rings. The molecule has 2 aromatic heterocycles. The van der Waals surface area contributed by atoms with Crippen LogP contribution in [0.5, 0.6) is 0 Å². The summed E-state index contributed by atoms with van der Waals surface area (Å²) in [5.41, 5.74) is 1.72. The van der Waals surface area contributed by atoms with Crippen molar-refractivity contribution in [1.82, 2.24) is 14.5 Å². The van der Waals surface area contributed by atoms with Crippen LogP contribution in [0.15, 0.2) is 30.6 Å². The van der Waals surface area contributed by atoms with Gasteiger partial charge in [-0.15, -0.1) is 0 Å². The number of hydrogen-bond acceptors (Lipinski definition) is 4. The maximum Gasteiger partial charge on any atom is 0.224 e. The highest BCUT2D eigenvalue weighted by Crippen LogP contribution is 2.42. The topological polar surface area (TPSA) is 59.8 Å². The van der Waals surface area contributed by atoms with Crippen molar-refractivity contribution in [3.05, 3.63) is 40.9 Å². The number of nitrogens with one attached hydrogen (secondary N) is 1. The van der Waals surface area contributed by atoms with Crippen LogP contribution in [0.2, 0.25) is 10.3 Å². The van der Waals surface area contributed by atoms with E-state index in [0.717, 1.165) is 16.2 Å². The molecule has 3 rings (SSSR count). The van der Waals surface area contributed by atoms with Gasteiger partial charge in [0, 0.05) is 29.5 Å². The van der Waals surface area contributed by atoms with Gasteiger partial charge in [-0.2, -0.15) is 4.98 Å². The first kappa shape index (κ1) is 16.3. The predicted molar refractivity (Wildman–Crippen MR) is 97.3 cm³/mol. The zero-order valence-electron chi connectivity index (χ0n) is 12.8. The lowest BCUT2D eigenvalue weighted by atomic mass is 10.2. The molecule has 0 aliphatic heterocycles. The Morgan fingerprint density at radius 1 is 1.22 bits per heavy atom. The Bertz CT molecular complexity index is 948. The molecule has 120 valence electrons. The van der Waals surface area contributed by atoms with Crippen LogP contribution in [0, 0.1) is 0 Å². The van der Waals surface area contributed by atoms with Crippen LogP contribution in [0.1, 0.15) is 0 Å². The van der Waals surface area contributed by atoms with Crippen molar-refractivity contribution in [2.24, 2.45) is 7.05 Å². The Labute approximate surface area is 144 Å². The molecule has 5 nitrogen and oxygen atoms in total. The molecule has 0 radical (unpaired) electrons. The smallest absolute Gasteiger partial charge is 0.224 e. The van der Waals surface area contributed by atoms with Gasteiger partial charge in [-0.05, 0) is 43.1 Å². The number of aromatic nitrogens is 3. The first-order valence-corrected chi connectivity index (χ1v) is 10.2. The Balaban J connectivity index is 2.21. The fraction of sp³-hybridized carbons (Fsp3) is 0.200. The fourth-order valence-corrected chi connectivity index (χ4v) is 4.33. The highest BCUT2D eigenvalue weighted by atomic mass is 35.5. The van der Waals surface area contributed by atoms with Gasteiger partial charge in [0.25, 0.3) is 0 Å². The van der Waals surface area contributed by atoms with E-state index >= 15 is 0 Å². The minimum absolute atomic E-state index is 0.0930. The molecule has 2 heterocycles. The van der Waals surface area contributed by atoms with Crippen LogP contribution in [-0.2, 0) is 11.6 Å². The van der Waals surface area contributed by atoms with E-state index in [1.807, 2.05) is 36.0 Å². The number of rotatable bonds is 3. The maximum absolute atomic E-state index is 12.9. The lowest BCUT2D eigenvalue weighted by molar-refractivity contribution is 0.588. The molecule has 0 unspecified atom stereocenters. The molecule has 1 aromatic carbocycles. The van der Waals surface area contributed by atoms with Crippen LogP contribution in [0.4, 0.5) is 11.5 Å². The summed E-state index contributed by atoms with van der Waals surface area (Å²) in [5.74, 6) is 0.386. The highest BCUT2D eigenvalue weighted by molar-refractivity contribution is 7.71. The summed E-state index contributed by atoms with van der Waals surface area (Å²) in [7, 11) is -0.592. The minimum atomic E-state index is -2.55. The molecular formula is C15H15Cl2N4OP. The summed E-state index contributed by atoms with van der Waals surface area (Å²) < 4.78 is 14.9. The van der Waals surface area contributed by atoms with Gasteiger partial charge >= 0.3 is 0 Å².